The fourth-order valence-corrected chi connectivity index (χ4v) is 1.59. The van der Waals surface area contributed by atoms with Crippen LogP contribution in [-0.2, 0) is 6.42 Å². The molecule has 0 nitrogen and oxygen atoms in total. The van der Waals surface area contributed by atoms with Gasteiger partial charge in [0, 0.05) is 5.88 Å². The number of hydrogen-bond acceptors (Lipinski definition) is 0. The normalized spacial score (nSPS) is 11.8. The van der Waals surface area contributed by atoms with Gasteiger partial charge in [0.15, 0.2) is 0 Å². The van der Waals surface area contributed by atoms with Gasteiger partial charge < -0.3 is 0 Å². The van der Waals surface area contributed by atoms with Crippen LogP contribution in [0.25, 0.3) is 0 Å². The number of hydrogen-bond donors (Lipinski definition) is 0. The zero-order valence-corrected chi connectivity index (χ0v) is 9.64. The minimum atomic E-state index is 0.713. The van der Waals surface area contributed by atoms with Crippen LogP contribution >= 0.6 is 11.6 Å². The van der Waals surface area contributed by atoms with Gasteiger partial charge in [-0.1, -0.05) is 35.9 Å². The largest absolute Gasteiger partial charge is 0.126 e. The van der Waals surface area contributed by atoms with E-state index in [0.29, 0.717) is 5.88 Å². The van der Waals surface area contributed by atoms with E-state index < -0.39 is 0 Å². The zero-order valence-electron chi connectivity index (χ0n) is 8.89. The lowest BCUT2D eigenvalue weighted by Crippen LogP contribution is -1.90. The second kappa shape index (κ2) is 5.87. The highest BCUT2D eigenvalue weighted by Gasteiger charge is 1.97. The molecule has 0 atom stereocenters. The van der Waals surface area contributed by atoms with E-state index in [9.17, 15) is 0 Å². The molecule has 0 amide bonds. The quantitative estimate of drug-likeness (QED) is 0.516. The monoisotopic (exact) mass is 208 g/mol. The second-order valence-corrected chi connectivity index (χ2v) is 4.01. The van der Waals surface area contributed by atoms with Crippen LogP contribution in [0.2, 0.25) is 0 Å². The van der Waals surface area contributed by atoms with E-state index in [-0.39, 0.29) is 0 Å². The molecular formula is C13H17Cl. The van der Waals surface area contributed by atoms with Crippen molar-refractivity contribution in [3.63, 3.8) is 0 Å². The molecule has 0 aliphatic rings. The molecule has 1 aromatic rings. The molecule has 0 N–H and O–H groups in total. The second-order valence-electron chi connectivity index (χ2n) is 3.63. The van der Waals surface area contributed by atoms with E-state index in [4.69, 9.17) is 11.6 Å². The van der Waals surface area contributed by atoms with E-state index in [1.165, 1.54) is 16.7 Å². The molecule has 0 aliphatic heterocycles. The molecule has 1 aromatic carbocycles. The van der Waals surface area contributed by atoms with Gasteiger partial charge in [-0.05, 0) is 37.8 Å². The van der Waals surface area contributed by atoms with E-state index in [1.807, 2.05) is 0 Å². The van der Waals surface area contributed by atoms with Gasteiger partial charge >= 0.3 is 0 Å². The molecule has 14 heavy (non-hydrogen) atoms. The molecule has 1 rings (SSSR count). The highest BCUT2D eigenvalue weighted by molar-refractivity contribution is 6.17. The Morgan fingerprint density at radius 1 is 1.36 bits per heavy atom. The van der Waals surface area contributed by atoms with Crippen molar-refractivity contribution in [3.8, 4) is 0 Å². The van der Waals surface area contributed by atoms with Crippen LogP contribution < -0.4 is 0 Å². The Morgan fingerprint density at radius 2 is 2.07 bits per heavy atom. The van der Waals surface area contributed by atoms with Crippen molar-refractivity contribution < 1.29 is 0 Å². The summed E-state index contributed by atoms with van der Waals surface area (Å²) in [6.07, 6.45) is 4.24. The van der Waals surface area contributed by atoms with Gasteiger partial charge in [0.2, 0.25) is 0 Å². The Morgan fingerprint density at radius 3 is 2.71 bits per heavy atom. The maximum absolute atomic E-state index is 5.64. The summed E-state index contributed by atoms with van der Waals surface area (Å²) < 4.78 is 0. The van der Waals surface area contributed by atoms with Gasteiger partial charge in [-0.2, -0.15) is 0 Å². The third-order valence-electron chi connectivity index (χ3n) is 2.33. The van der Waals surface area contributed by atoms with Crippen molar-refractivity contribution in [2.75, 3.05) is 5.88 Å². The Labute approximate surface area is 91.6 Å². The maximum atomic E-state index is 5.64. The summed E-state index contributed by atoms with van der Waals surface area (Å²) >= 11 is 5.64. The summed E-state index contributed by atoms with van der Waals surface area (Å²) in [5, 5.41) is 0. The van der Waals surface area contributed by atoms with Gasteiger partial charge in [0.05, 0.1) is 0 Å². The van der Waals surface area contributed by atoms with Crippen LogP contribution in [-0.4, -0.2) is 5.88 Å². The lowest BCUT2D eigenvalue weighted by Gasteiger charge is -2.05. The molecule has 0 aromatic heterocycles. The van der Waals surface area contributed by atoms with Crippen LogP contribution in [0.1, 0.15) is 24.5 Å². The first kappa shape index (κ1) is 11.3. The number of allylic oxidation sites excluding steroid dienone is 2. The van der Waals surface area contributed by atoms with E-state index in [2.05, 4.69) is 44.2 Å². The Balaban J connectivity index is 2.64. The fraction of sp³-hybridized carbons (Fsp3) is 0.385. The van der Waals surface area contributed by atoms with Crippen molar-refractivity contribution in [1.29, 1.82) is 0 Å². The molecule has 0 saturated heterocycles. The molecule has 0 radical (unpaired) electrons. The molecule has 0 unspecified atom stereocenters. The minimum Gasteiger partial charge on any atom is -0.126 e. The van der Waals surface area contributed by atoms with Crippen LogP contribution in [0.3, 0.4) is 0 Å². The molecule has 0 bridgehead atoms. The molecule has 76 valence electrons. The van der Waals surface area contributed by atoms with Gasteiger partial charge in [-0.3, -0.25) is 0 Å². The Kier molecular flexibility index (Phi) is 4.75. The summed E-state index contributed by atoms with van der Waals surface area (Å²) in [7, 11) is 0. The van der Waals surface area contributed by atoms with Crippen LogP contribution in [0.4, 0.5) is 0 Å². The van der Waals surface area contributed by atoms with E-state index in [1.54, 1.807) is 0 Å². The highest BCUT2D eigenvalue weighted by atomic mass is 35.5. The van der Waals surface area contributed by atoms with Crippen molar-refractivity contribution >= 4 is 11.6 Å². The first-order valence-corrected chi connectivity index (χ1v) is 5.53. The molecule has 0 saturated carbocycles. The average Bonchev–Trinajstić information content (AvgIpc) is 2.18. The lowest BCUT2D eigenvalue weighted by atomic mass is 10.0. The maximum Gasteiger partial charge on any atom is 0.0258 e. The number of benzene rings is 1. The van der Waals surface area contributed by atoms with Crippen LogP contribution in [0.15, 0.2) is 35.9 Å². The number of rotatable bonds is 4. The molecule has 1 heteroatoms. The third kappa shape index (κ3) is 3.55. The minimum absolute atomic E-state index is 0.713. The summed E-state index contributed by atoms with van der Waals surface area (Å²) in [5.74, 6) is 0.713. The topological polar surface area (TPSA) is 0 Å². The Hall–Kier alpha value is -0.750. The highest BCUT2D eigenvalue weighted by Crippen LogP contribution is 2.12. The Bertz CT molecular complexity index is 313. The first-order chi connectivity index (χ1) is 6.74. The summed E-state index contributed by atoms with van der Waals surface area (Å²) in [6, 6.07) is 8.52. The van der Waals surface area contributed by atoms with Gasteiger partial charge in [0.1, 0.15) is 0 Å². The summed E-state index contributed by atoms with van der Waals surface area (Å²) in [4.78, 5) is 0. The number of halogens is 1. The molecule has 0 spiro atoms. The van der Waals surface area contributed by atoms with Crippen LogP contribution in [0.5, 0.6) is 0 Å². The molecule has 0 aliphatic carbocycles. The van der Waals surface area contributed by atoms with Gasteiger partial charge in [-0.15, -0.1) is 11.6 Å². The average molecular weight is 209 g/mol. The fourth-order valence-electron chi connectivity index (χ4n) is 1.48. The molecule has 0 heterocycles. The van der Waals surface area contributed by atoms with Crippen LogP contribution in [0, 0.1) is 6.92 Å². The smallest absolute Gasteiger partial charge is 0.0258 e. The van der Waals surface area contributed by atoms with Crippen molar-refractivity contribution in [2.45, 2.75) is 26.7 Å². The lowest BCUT2D eigenvalue weighted by molar-refractivity contribution is 1.08. The standard InChI is InChI=1S/C13H17Cl/c1-11(6-5-9-14)10-13-8-4-3-7-12(13)2/h3-4,6-8H,5,9-10H2,1-2H3. The summed E-state index contributed by atoms with van der Waals surface area (Å²) in [5.41, 5.74) is 4.18. The zero-order chi connectivity index (χ0) is 10.4. The SMILES string of the molecule is CC(=CCCCl)Cc1ccccc1C. The van der Waals surface area contributed by atoms with Crippen molar-refractivity contribution in [2.24, 2.45) is 0 Å². The molecular weight excluding hydrogens is 192 g/mol. The van der Waals surface area contributed by atoms with E-state index in [0.717, 1.165) is 12.8 Å². The number of alkyl halides is 1. The van der Waals surface area contributed by atoms with Gasteiger partial charge in [0.25, 0.3) is 0 Å². The molecule has 0 fully saturated rings. The first-order valence-electron chi connectivity index (χ1n) is 5.00. The van der Waals surface area contributed by atoms with Crippen molar-refractivity contribution in [1.82, 2.24) is 0 Å². The predicted molar refractivity (Wildman–Crippen MR) is 64.0 cm³/mol. The predicted octanol–water partition coefficient (Wildman–Crippen LogP) is 4.11. The van der Waals surface area contributed by atoms with Gasteiger partial charge in [-0.25, -0.2) is 0 Å². The van der Waals surface area contributed by atoms with Crippen molar-refractivity contribution in [3.05, 3.63) is 47.0 Å². The summed E-state index contributed by atoms with van der Waals surface area (Å²) in [6.45, 7) is 4.32. The number of aryl methyl sites for hydroxylation is 1. The third-order valence-corrected chi connectivity index (χ3v) is 2.55. The van der Waals surface area contributed by atoms with E-state index >= 15 is 0 Å².